The van der Waals surface area contributed by atoms with E-state index < -0.39 is 48.1 Å². The van der Waals surface area contributed by atoms with Crippen molar-refractivity contribution in [3.05, 3.63) is 0 Å². The Morgan fingerprint density at radius 3 is 2.30 bits per heavy atom. The lowest BCUT2D eigenvalue weighted by Crippen LogP contribution is -2.53. The summed E-state index contributed by atoms with van der Waals surface area (Å²) in [6.45, 7) is 2.85. The monoisotopic (exact) mass is 289 g/mol. The molecule has 0 saturated carbocycles. The largest absolute Gasteiger partial charge is 0.450 e. The maximum absolute atomic E-state index is 11.8. The van der Waals surface area contributed by atoms with Gasteiger partial charge in [0.1, 0.15) is 18.3 Å². The highest BCUT2D eigenvalue weighted by atomic mass is 16.6. The van der Waals surface area contributed by atoms with Crippen molar-refractivity contribution in [2.45, 2.75) is 57.1 Å². The fraction of sp³-hybridized carbons (Fsp3) is 0.750. The average molecular weight is 289 g/mol. The first-order valence-corrected chi connectivity index (χ1v) is 6.34. The van der Waals surface area contributed by atoms with Gasteiger partial charge in [0.05, 0.1) is 0 Å². The lowest BCUT2D eigenvalue weighted by Gasteiger charge is -2.24. The Hall–Kier alpha value is -1.51. The van der Waals surface area contributed by atoms with Crippen molar-refractivity contribution in [2.75, 3.05) is 0 Å². The minimum absolute atomic E-state index is 0.0582. The van der Waals surface area contributed by atoms with Gasteiger partial charge in [-0.2, -0.15) is 0 Å². The van der Waals surface area contributed by atoms with Crippen molar-refractivity contribution < 1.29 is 34.4 Å². The number of amides is 1. The number of aliphatic hydroxyl groups is 3. The summed E-state index contributed by atoms with van der Waals surface area (Å²) in [5, 5.41) is 31.5. The van der Waals surface area contributed by atoms with E-state index in [1.807, 2.05) is 0 Å². The molecule has 0 bridgehead atoms. The second kappa shape index (κ2) is 6.78. The molecule has 114 valence electrons. The zero-order valence-electron chi connectivity index (χ0n) is 11.3. The summed E-state index contributed by atoms with van der Waals surface area (Å²) in [6, 6.07) is -1.53. The summed E-state index contributed by atoms with van der Waals surface area (Å²) in [5.74, 6) is -2.24. The Bertz CT molecular complexity index is 397. The summed E-state index contributed by atoms with van der Waals surface area (Å²) in [4.78, 5) is 34.6. The summed E-state index contributed by atoms with van der Waals surface area (Å²) >= 11 is 0. The lowest BCUT2D eigenvalue weighted by molar-refractivity contribution is -0.163. The number of Topliss-reactive ketones (excluding diaryl/α,β-unsaturated/α-hetero) is 1. The molecule has 0 aromatic heterocycles. The highest BCUT2D eigenvalue weighted by Crippen LogP contribution is 2.19. The first-order valence-electron chi connectivity index (χ1n) is 6.34. The predicted molar refractivity (Wildman–Crippen MR) is 65.4 cm³/mol. The van der Waals surface area contributed by atoms with Gasteiger partial charge in [-0.15, -0.1) is 0 Å². The van der Waals surface area contributed by atoms with Crippen LogP contribution in [0.5, 0.6) is 0 Å². The molecule has 8 nitrogen and oxygen atoms in total. The smallest absolute Gasteiger partial charge is 0.332 e. The molecule has 20 heavy (non-hydrogen) atoms. The summed E-state index contributed by atoms with van der Waals surface area (Å²) in [7, 11) is 0. The van der Waals surface area contributed by atoms with Crippen LogP contribution in [0.15, 0.2) is 0 Å². The van der Waals surface area contributed by atoms with Crippen LogP contribution in [0.25, 0.3) is 0 Å². The van der Waals surface area contributed by atoms with E-state index in [0.29, 0.717) is 6.42 Å². The summed E-state index contributed by atoms with van der Waals surface area (Å²) in [6.07, 6.45) is -6.31. The molecule has 0 spiro atoms. The maximum Gasteiger partial charge on any atom is 0.332 e. The Kier molecular flexibility index (Phi) is 5.61. The highest BCUT2D eigenvalue weighted by Gasteiger charge is 2.47. The van der Waals surface area contributed by atoms with Gasteiger partial charge in [0.15, 0.2) is 17.9 Å². The van der Waals surface area contributed by atoms with Gasteiger partial charge in [-0.1, -0.05) is 6.92 Å². The molecule has 1 unspecified atom stereocenters. The molecule has 0 radical (unpaired) electrons. The number of esters is 1. The van der Waals surface area contributed by atoms with E-state index in [1.165, 1.54) is 0 Å². The highest BCUT2D eigenvalue weighted by molar-refractivity contribution is 5.89. The van der Waals surface area contributed by atoms with Crippen LogP contribution in [0, 0.1) is 0 Å². The number of ether oxygens (including phenoxy) is 1. The average Bonchev–Trinajstić information content (AvgIpc) is 2.45. The number of carbonyl (C=O) groups excluding carboxylic acids is 3. The maximum atomic E-state index is 11.8. The van der Waals surface area contributed by atoms with E-state index in [1.54, 1.807) is 6.92 Å². The summed E-state index contributed by atoms with van der Waals surface area (Å²) < 4.78 is 4.82. The third-order valence-corrected chi connectivity index (χ3v) is 3.02. The minimum atomic E-state index is -1.79. The number of nitrogens with one attached hydrogen (secondary N) is 1. The molecule has 1 rings (SSSR count). The third-order valence-electron chi connectivity index (χ3n) is 3.02. The Morgan fingerprint density at radius 1 is 1.20 bits per heavy atom. The van der Waals surface area contributed by atoms with Crippen molar-refractivity contribution in [2.24, 2.45) is 0 Å². The van der Waals surface area contributed by atoms with Crippen LogP contribution >= 0.6 is 0 Å². The molecule has 0 aromatic carbocycles. The third kappa shape index (κ3) is 3.53. The van der Waals surface area contributed by atoms with Crippen molar-refractivity contribution in [1.82, 2.24) is 5.32 Å². The lowest BCUT2D eigenvalue weighted by atomic mass is 9.96. The second-order valence-electron chi connectivity index (χ2n) is 4.72. The van der Waals surface area contributed by atoms with Gasteiger partial charge in [-0.05, 0) is 6.42 Å². The van der Waals surface area contributed by atoms with Crippen LogP contribution < -0.4 is 5.32 Å². The number of hydrogen-bond donors (Lipinski definition) is 4. The van der Waals surface area contributed by atoms with Crippen LogP contribution in [-0.2, 0) is 19.1 Å². The molecule has 1 saturated heterocycles. The van der Waals surface area contributed by atoms with E-state index >= 15 is 0 Å². The Morgan fingerprint density at radius 2 is 1.80 bits per heavy atom. The molecule has 8 heteroatoms. The van der Waals surface area contributed by atoms with Crippen molar-refractivity contribution in [3.63, 3.8) is 0 Å². The minimum Gasteiger partial charge on any atom is -0.450 e. The topological polar surface area (TPSA) is 133 Å². The van der Waals surface area contributed by atoms with Crippen LogP contribution in [0.4, 0.5) is 0 Å². The molecule has 0 aliphatic carbocycles. The summed E-state index contributed by atoms with van der Waals surface area (Å²) in [5.41, 5.74) is 0. The zero-order valence-corrected chi connectivity index (χ0v) is 11.3. The Balaban J connectivity index is 2.99. The van der Waals surface area contributed by atoms with E-state index in [9.17, 15) is 29.7 Å². The van der Waals surface area contributed by atoms with Gasteiger partial charge in [0.2, 0.25) is 5.91 Å². The predicted octanol–water partition coefficient (Wildman–Crippen LogP) is -2.13. The molecular formula is C12H19NO7. The molecule has 1 fully saturated rings. The molecule has 1 heterocycles. The fourth-order valence-corrected chi connectivity index (χ4v) is 1.99. The van der Waals surface area contributed by atoms with E-state index in [4.69, 9.17) is 4.74 Å². The van der Waals surface area contributed by atoms with Gasteiger partial charge in [0.25, 0.3) is 0 Å². The number of carbonyl (C=O) groups is 3. The number of rotatable bonds is 4. The zero-order chi connectivity index (χ0) is 15.4. The molecule has 0 aromatic rings. The second-order valence-corrected chi connectivity index (χ2v) is 4.72. The van der Waals surface area contributed by atoms with Crippen molar-refractivity contribution in [3.8, 4) is 0 Å². The van der Waals surface area contributed by atoms with Crippen LogP contribution in [-0.4, -0.2) is 63.4 Å². The molecule has 1 aliphatic heterocycles. The first-order chi connectivity index (χ1) is 9.29. The first kappa shape index (κ1) is 16.5. The number of ketones is 1. The Labute approximate surface area is 115 Å². The number of hydrogen-bond acceptors (Lipinski definition) is 7. The van der Waals surface area contributed by atoms with E-state index in [0.717, 1.165) is 6.92 Å². The van der Waals surface area contributed by atoms with Crippen molar-refractivity contribution >= 4 is 17.7 Å². The fourth-order valence-electron chi connectivity index (χ4n) is 1.99. The number of aliphatic hydroxyl groups excluding tert-OH is 3. The van der Waals surface area contributed by atoms with Crippen LogP contribution in [0.1, 0.15) is 26.7 Å². The van der Waals surface area contributed by atoms with Crippen molar-refractivity contribution in [1.29, 1.82) is 0 Å². The molecule has 1 aliphatic rings. The molecular weight excluding hydrogens is 270 g/mol. The standard InChI is InChI=1S/C12H19NO7/c1-3-4-6(15)11-10(18)9(17)8(16)7(12(19)20-11)13-5(2)14/h7-11,16-18H,3-4H2,1-2H3,(H,13,14)/t7-,8-,9-,10+,11?/m1/s1. The van der Waals surface area contributed by atoms with Crippen LogP contribution in [0.2, 0.25) is 0 Å². The van der Waals surface area contributed by atoms with E-state index in [-0.39, 0.29) is 6.42 Å². The van der Waals surface area contributed by atoms with Gasteiger partial charge >= 0.3 is 5.97 Å². The molecule has 4 N–H and O–H groups in total. The van der Waals surface area contributed by atoms with Gasteiger partial charge in [-0.3, -0.25) is 9.59 Å². The van der Waals surface area contributed by atoms with E-state index in [2.05, 4.69) is 5.32 Å². The SMILES string of the molecule is CCCC(=O)C1OC(=O)[C@H](NC(C)=O)[C@@H](O)[C@@H](O)[C@@H]1O. The van der Waals surface area contributed by atoms with Gasteiger partial charge in [-0.25, -0.2) is 4.79 Å². The molecule has 5 atom stereocenters. The van der Waals surface area contributed by atoms with Crippen LogP contribution in [0.3, 0.4) is 0 Å². The molecule has 1 amide bonds. The van der Waals surface area contributed by atoms with Gasteiger partial charge in [0, 0.05) is 13.3 Å². The van der Waals surface area contributed by atoms with Gasteiger partial charge < -0.3 is 25.4 Å². The normalized spacial score (nSPS) is 34.0. The quantitative estimate of drug-likeness (QED) is 0.434. The number of cyclic esters (lactones) is 1.